The Morgan fingerprint density at radius 2 is 2.05 bits per heavy atom. The summed E-state index contributed by atoms with van der Waals surface area (Å²) in [5, 5.41) is 11.0. The molecule has 0 radical (unpaired) electrons. The zero-order valence-corrected chi connectivity index (χ0v) is 11.7. The van der Waals surface area contributed by atoms with Gasteiger partial charge in [0.15, 0.2) is 5.75 Å². The highest BCUT2D eigenvalue weighted by Gasteiger charge is 2.27. The van der Waals surface area contributed by atoms with E-state index in [-0.39, 0.29) is 17.5 Å². The Bertz CT molecular complexity index is 515. The summed E-state index contributed by atoms with van der Waals surface area (Å²) >= 11 is 0. The van der Waals surface area contributed by atoms with Crippen molar-refractivity contribution in [3.8, 4) is 5.75 Å². The van der Waals surface area contributed by atoms with Gasteiger partial charge in [-0.2, -0.15) is 0 Å². The number of rotatable bonds is 4. The van der Waals surface area contributed by atoms with Crippen LogP contribution in [-0.4, -0.2) is 17.3 Å². The summed E-state index contributed by atoms with van der Waals surface area (Å²) in [5.74, 6) is 1.40. The molecular weight excluding hydrogens is 258 g/mol. The van der Waals surface area contributed by atoms with Gasteiger partial charge in [0.1, 0.15) is 6.29 Å². The second-order valence-electron chi connectivity index (χ2n) is 5.61. The quantitative estimate of drug-likeness (QED) is 0.479. The van der Waals surface area contributed by atoms with Crippen LogP contribution in [0.1, 0.15) is 43.5 Å². The Labute approximate surface area is 118 Å². The lowest BCUT2D eigenvalue weighted by atomic mass is 9.80. The van der Waals surface area contributed by atoms with Crippen LogP contribution in [0.4, 0.5) is 5.69 Å². The molecule has 3 atom stereocenters. The number of nitro groups is 1. The van der Waals surface area contributed by atoms with Crippen LogP contribution >= 0.6 is 0 Å². The highest BCUT2D eigenvalue weighted by atomic mass is 16.6. The summed E-state index contributed by atoms with van der Waals surface area (Å²) in [4.78, 5) is 21.3. The van der Waals surface area contributed by atoms with Gasteiger partial charge in [-0.25, -0.2) is 0 Å². The first-order valence-corrected chi connectivity index (χ1v) is 6.91. The zero-order valence-electron chi connectivity index (χ0n) is 11.7. The normalized spacial score (nSPS) is 26.0. The van der Waals surface area contributed by atoms with E-state index in [2.05, 4.69) is 13.8 Å². The number of ether oxygens (including phenoxy) is 1. The number of carbonyl (C=O) groups excluding carboxylic acids is 1. The minimum absolute atomic E-state index is 0.0122. The van der Waals surface area contributed by atoms with Gasteiger partial charge in [0.2, 0.25) is 0 Å². The molecule has 0 saturated heterocycles. The first-order chi connectivity index (χ1) is 9.51. The second-order valence-corrected chi connectivity index (χ2v) is 5.61. The molecule has 1 saturated carbocycles. The predicted molar refractivity (Wildman–Crippen MR) is 75.1 cm³/mol. The van der Waals surface area contributed by atoms with E-state index < -0.39 is 4.92 Å². The fraction of sp³-hybridized carbons (Fsp3) is 0.533. The van der Waals surface area contributed by atoms with Gasteiger partial charge < -0.3 is 4.74 Å². The molecule has 1 aliphatic rings. The summed E-state index contributed by atoms with van der Waals surface area (Å²) in [6, 6.07) is 4.21. The first kappa shape index (κ1) is 14.5. The Morgan fingerprint density at radius 1 is 1.30 bits per heavy atom. The highest BCUT2D eigenvalue weighted by molar-refractivity contribution is 5.76. The summed E-state index contributed by atoms with van der Waals surface area (Å²) in [6.45, 7) is 4.40. The first-order valence-electron chi connectivity index (χ1n) is 6.91. The lowest BCUT2D eigenvalue weighted by molar-refractivity contribution is -0.386. The minimum Gasteiger partial charge on any atom is -0.483 e. The Morgan fingerprint density at radius 3 is 2.65 bits per heavy atom. The number of carbonyl (C=O) groups is 1. The van der Waals surface area contributed by atoms with Crippen LogP contribution in [0.15, 0.2) is 18.2 Å². The number of aldehydes is 1. The third-order valence-electron chi connectivity index (χ3n) is 4.16. The van der Waals surface area contributed by atoms with E-state index in [1.807, 2.05) is 0 Å². The number of benzene rings is 1. The minimum atomic E-state index is -0.473. The van der Waals surface area contributed by atoms with Crippen molar-refractivity contribution in [1.82, 2.24) is 0 Å². The van der Waals surface area contributed by atoms with Gasteiger partial charge in [0, 0.05) is 11.6 Å². The molecule has 5 nitrogen and oxygen atoms in total. The molecule has 1 fully saturated rings. The van der Waals surface area contributed by atoms with E-state index in [1.54, 1.807) is 0 Å². The van der Waals surface area contributed by atoms with E-state index >= 15 is 0 Å². The van der Waals surface area contributed by atoms with Gasteiger partial charge in [0.05, 0.1) is 11.0 Å². The topological polar surface area (TPSA) is 69.4 Å². The maximum Gasteiger partial charge on any atom is 0.310 e. The van der Waals surface area contributed by atoms with Crippen molar-refractivity contribution >= 4 is 12.0 Å². The van der Waals surface area contributed by atoms with E-state index in [9.17, 15) is 14.9 Å². The summed E-state index contributed by atoms with van der Waals surface area (Å²) in [5.41, 5.74) is 0.310. The molecule has 1 aromatic carbocycles. The lowest BCUT2D eigenvalue weighted by Crippen LogP contribution is -2.29. The van der Waals surface area contributed by atoms with E-state index in [0.717, 1.165) is 19.3 Å². The average Bonchev–Trinajstić information content (AvgIpc) is 2.42. The predicted octanol–water partition coefficient (Wildman–Crippen LogP) is 3.61. The van der Waals surface area contributed by atoms with Gasteiger partial charge in [-0.05, 0) is 43.2 Å². The molecular formula is C15H19NO4. The summed E-state index contributed by atoms with van der Waals surface area (Å²) in [7, 11) is 0. The van der Waals surface area contributed by atoms with Crippen LogP contribution in [0.25, 0.3) is 0 Å². The molecule has 20 heavy (non-hydrogen) atoms. The highest BCUT2D eigenvalue weighted by Crippen LogP contribution is 2.35. The fourth-order valence-electron chi connectivity index (χ4n) is 2.63. The molecule has 3 unspecified atom stereocenters. The van der Waals surface area contributed by atoms with Gasteiger partial charge in [-0.1, -0.05) is 13.8 Å². The SMILES string of the molecule is CC1CCC(Oc2cc(C=O)ccc2[N+](=O)[O-])CC1C. The van der Waals surface area contributed by atoms with E-state index in [1.165, 1.54) is 18.2 Å². The van der Waals surface area contributed by atoms with Crippen molar-refractivity contribution in [3.63, 3.8) is 0 Å². The largest absolute Gasteiger partial charge is 0.483 e. The molecule has 0 bridgehead atoms. The van der Waals surface area contributed by atoms with Gasteiger partial charge in [-0.15, -0.1) is 0 Å². The molecule has 1 aromatic rings. The van der Waals surface area contributed by atoms with E-state index in [4.69, 9.17) is 4.74 Å². The lowest BCUT2D eigenvalue weighted by Gasteiger charge is -2.32. The smallest absolute Gasteiger partial charge is 0.310 e. The standard InChI is InChI=1S/C15H19NO4/c1-10-3-5-13(7-11(10)2)20-15-8-12(9-17)4-6-14(15)16(18)19/h4,6,8-11,13H,3,5,7H2,1-2H3. The fourth-order valence-corrected chi connectivity index (χ4v) is 2.63. The third-order valence-corrected chi connectivity index (χ3v) is 4.16. The van der Waals surface area contributed by atoms with Crippen molar-refractivity contribution in [3.05, 3.63) is 33.9 Å². The van der Waals surface area contributed by atoms with Crippen molar-refractivity contribution in [2.75, 3.05) is 0 Å². The average molecular weight is 277 g/mol. The molecule has 0 heterocycles. The number of hydrogen-bond acceptors (Lipinski definition) is 4. The molecule has 1 aliphatic carbocycles. The summed E-state index contributed by atoms with van der Waals surface area (Å²) < 4.78 is 5.81. The van der Waals surface area contributed by atoms with Gasteiger partial charge in [0.25, 0.3) is 0 Å². The van der Waals surface area contributed by atoms with E-state index in [0.29, 0.717) is 23.7 Å². The molecule has 2 rings (SSSR count). The number of nitrogens with zero attached hydrogens (tertiary/aromatic N) is 1. The van der Waals surface area contributed by atoms with Gasteiger partial charge in [-0.3, -0.25) is 14.9 Å². The molecule has 0 aliphatic heterocycles. The van der Waals surface area contributed by atoms with Crippen LogP contribution in [-0.2, 0) is 0 Å². The Hall–Kier alpha value is -1.91. The molecule has 0 spiro atoms. The molecule has 0 amide bonds. The molecule has 0 aromatic heterocycles. The van der Waals surface area contributed by atoms with Crippen LogP contribution in [0.3, 0.4) is 0 Å². The van der Waals surface area contributed by atoms with Crippen LogP contribution < -0.4 is 4.74 Å². The number of hydrogen-bond donors (Lipinski definition) is 0. The van der Waals surface area contributed by atoms with Gasteiger partial charge >= 0.3 is 5.69 Å². The van der Waals surface area contributed by atoms with Crippen molar-refractivity contribution < 1.29 is 14.5 Å². The molecule has 108 valence electrons. The Kier molecular flexibility index (Phi) is 4.37. The maximum absolute atomic E-state index is 11.0. The number of nitro benzene ring substituents is 1. The van der Waals surface area contributed by atoms with Crippen LogP contribution in [0.2, 0.25) is 0 Å². The van der Waals surface area contributed by atoms with Crippen molar-refractivity contribution in [2.45, 2.75) is 39.2 Å². The van der Waals surface area contributed by atoms with Crippen LogP contribution in [0, 0.1) is 22.0 Å². The van der Waals surface area contributed by atoms with Crippen molar-refractivity contribution in [1.29, 1.82) is 0 Å². The molecule has 5 heteroatoms. The third kappa shape index (κ3) is 3.15. The van der Waals surface area contributed by atoms with Crippen molar-refractivity contribution in [2.24, 2.45) is 11.8 Å². The zero-order chi connectivity index (χ0) is 14.7. The maximum atomic E-state index is 11.0. The second kappa shape index (κ2) is 6.03. The van der Waals surface area contributed by atoms with Crippen LogP contribution in [0.5, 0.6) is 5.75 Å². The Balaban J connectivity index is 2.19. The molecule has 0 N–H and O–H groups in total. The monoisotopic (exact) mass is 277 g/mol. The summed E-state index contributed by atoms with van der Waals surface area (Å²) in [6.07, 6.45) is 3.51.